The number of anilines is 2. The van der Waals surface area contributed by atoms with Crippen LogP contribution in [0.1, 0.15) is 11.6 Å². The van der Waals surface area contributed by atoms with Gasteiger partial charge in [-0.05, 0) is 49.6 Å². The first-order valence-corrected chi connectivity index (χ1v) is 12.6. The fraction of sp³-hybridized carbons (Fsp3) is 0.136. The molecule has 3 aromatic carbocycles. The highest BCUT2D eigenvalue weighted by molar-refractivity contribution is 7.94. The van der Waals surface area contributed by atoms with Crippen LogP contribution >= 0.6 is 12.0 Å². The van der Waals surface area contributed by atoms with Crippen LogP contribution in [-0.4, -0.2) is 45.3 Å². The van der Waals surface area contributed by atoms with E-state index in [9.17, 15) is 18.1 Å². The number of aromatic nitrogens is 3. The fourth-order valence-electron chi connectivity index (χ4n) is 3.52. The summed E-state index contributed by atoms with van der Waals surface area (Å²) in [6, 6.07) is 12.5. The fourth-order valence-corrected chi connectivity index (χ4v) is 4.55. The second-order valence-electron chi connectivity index (χ2n) is 7.64. The van der Waals surface area contributed by atoms with Crippen molar-refractivity contribution in [2.45, 2.75) is 23.6 Å². The molecule has 0 atom stereocenters. The number of phenols is 1. The second-order valence-corrected chi connectivity index (χ2v) is 9.80. The van der Waals surface area contributed by atoms with E-state index < -0.39 is 20.8 Å². The van der Waals surface area contributed by atoms with Gasteiger partial charge in [-0.15, -0.1) is 9.45 Å². The van der Waals surface area contributed by atoms with E-state index in [1.165, 1.54) is 17.0 Å². The van der Waals surface area contributed by atoms with E-state index in [4.69, 9.17) is 5.26 Å². The third-order valence-corrected chi connectivity index (χ3v) is 6.54. The molecule has 0 unspecified atom stereocenters. The molecule has 4 aromatic rings. The van der Waals surface area contributed by atoms with Gasteiger partial charge in [0.05, 0.1) is 33.2 Å². The molecule has 0 radical (unpaired) electrons. The number of hydrogen-bond donors (Lipinski definition) is 3. The van der Waals surface area contributed by atoms with Gasteiger partial charge >= 0.3 is 0 Å². The summed E-state index contributed by atoms with van der Waals surface area (Å²) in [5, 5.41) is 32.3. The molecule has 1 aromatic heterocycles. The van der Waals surface area contributed by atoms with Gasteiger partial charge in [0.1, 0.15) is 17.3 Å². The van der Waals surface area contributed by atoms with Crippen molar-refractivity contribution in [1.29, 1.82) is 0 Å². The van der Waals surface area contributed by atoms with E-state index in [0.29, 0.717) is 29.4 Å². The second kappa shape index (κ2) is 10.7. The molecule has 0 saturated carbocycles. The van der Waals surface area contributed by atoms with Crippen LogP contribution in [0.4, 0.5) is 23.0 Å². The normalized spacial score (nSPS) is 11.9. The molecule has 37 heavy (non-hydrogen) atoms. The minimum Gasteiger partial charge on any atom is -0.505 e. The molecule has 15 heteroatoms. The van der Waals surface area contributed by atoms with Crippen LogP contribution in [0.3, 0.4) is 0 Å². The number of hydrogen-bond acceptors (Lipinski definition) is 13. The van der Waals surface area contributed by atoms with E-state index in [0.717, 1.165) is 6.07 Å². The molecule has 0 fully saturated rings. The lowest BCUT2D eigenvalue weighted by Crippen LogP contribution is -2.16. The van der Waals surface area contributed by atoms with Gasteiger partial charge < -0.3 is 10.0 Å². The number of aryl methyl sites for hydroxylation is 2. The number of nitrogens with zero attached hydrogens (tertiary/aromatic N) is 6. The summed E-state index contributed by atoms with van der Waals surface area (Å²) in [4.78, 5) is 13.8. The first-order chi connectivity index (χ1) is 17.6. The minimum atomic E-state index is -4.65. The van der Waals surface area contributed by atoms with Crippen LogP contribution in [-0.2, 0) is 19.5 Å². The summed E-state index contributed by atoms with van der Waals surface area (Å²) in [6.07, 6.45) is 0. The Hall–Kier alpha value is -3.73. The third-order valence-electron chi connectivity index (χ3n) is 5.08. The first kappa shape index (κ1) is 26.3. The third kappa shape index (κ3) is 5.82. The molecule has 13 nitrogen and oxygen atoms in total. The van der Waals surface area contributed by atoms with E-state index in [1.54, 1.807) is 51.2 Å². The Balaban J connectivity index is 2.02. The summed E-state index contributed by atoms with van der Waals surface area (Å²) in [6.45, 7) is 3.34. The Bertz CT molecular complexity index is 1580. The monoisotopic (exact) mass is 544 g/mol. The predicted molar refractivity (Wildman–Crippen MR) is 134 cm³/mol. The Kier molecular flexibility index (Phi) is 7.63. The van der Waals surface area contributed by atoms with Crippen molar-refractivity contribution < 1.29 is 32.7 Å². The average Bonchev–Trinajstić information content (AvgIpc) is 2.85. The molecule has 0 amide bonds. The van der Waals surface area contributed by atoms with Gasteiger partial charge in [-0.1, -0.05) is 23.2 Å². The largest absolute Gasteiger partial charge is 0.505 e. The summed E-state index contributed by atoms with van der Waals surface area (Å²) in [5.74, 6) is 0.616. The van der Waals surface area contributed by atoms with E-state index in [-0.39, 0.29) is 33.0 Å². The molecule has 0 bridgehead atoms. The number of phenolic OH excluding ortho intramolecular Hbond substituents is 1. The lowest BCUT2D eigenvalue weighted by atomic mass is 10.1. The Labute approximate surface area is 215 Å². The van der Waals surface area contributed by atoms with Crippen molar-refractivity contribution in [2.24, 2.45) is 10.2 Å². The van der Waals surface area contributed by atoms with Crippen molar-refractivity contribution in [2.75, 3.05) is 11.9 Å². The topological polar surface area (TPSA) is 180 Å². The molecule has 0 spiro atoms. The van der Waals surface area contributed by atoms with Crippen molar-refractivity contribution >= 4 is 55.9 Å². The van der Waals surface area contributed by atoms with Crippen LogP contribution in [0.5, 0.6) is 5.75 Å². The number of azo groups is 1. The zero-order chi connectivity index (χ0) is 26.7. The minimum absolute atomic E-state index is 0.0596. The van der Waals surface area contributed by atoms with Crippen molar-refractivity contribution in [3.05, 3.63) is 60.2 Å². The quantitative estimate of drug-likeness (QED) is 0.0868. The number of rotatable bonds is 8. The van der Waals surface area contributed by atoms with E-state index in [2.05, 4.69) is 34.6 Å². The van der Waals surface area contributed by atoms with Crippen molar-refractivity contribution in [3.63, 3.8) is 0 Å². The van der Waals surface area contributed by atoms with Crippen molar-refractivity contribution in [3.8, 4) is 5.75 Å². The highest BCUT2D eigenvalue weighted by atomic mass is 32.2. The first-order valence-electron chi connectivity index (χ1n) is 10.4. The molecular formula is C22H20N6O7S2. The lowest BCUT2D eigenvalue weighted by molar-refractivity contribution is -0.432. The van der Waals surface area contributed by atoms with Gasteiger partial charge in [-0.2, -0.15) is 23.5 Å². The predicted octanol–water partition coefficient (Wildman–Crippen LogP) is 5.21. The maximum Gasteiger partial charge on any atom is 0.294 e. The summed E-state index contributed by atoms with van der Waals surface area (Å²) in [5.41, 5.74) is 0.572. The van der Waals surface area contributed by atoms with Gasteiger partial charge in [-0.25, -0.2) is 10.2 Å². The van der Waals surface area contributed by atoms with Gasteiger partial charge in [0.15, 0.2) is 5.75 Å². The standard InChI is InChI=1S/C22H20N6O7S2/c1-12-23-13(2)25-22(24-12)28(3)17-11-16(37(31,32)33)9-14-10-18(36-35-34-30)20(21(29)19(14)17)27-26-15-7-5-4-6-8-15/h4-11,29-30H,1-3H3,(H,31,32,33). The molecule has 1 heterocycles. The zero-order valence-electron chi connectivity index (χ0n) is 19.6. The van der Waals surface area contributed by atoms with Crippen LogP contribution in [0.25, 0.3) is 10.8 Å². The van der Waals surface area contributed by atoms with Gasteiger partial charge in [0.25, 0.3) is 10.1 Å². The molecule has 0 aliphatic carbocycles. The van der Waals surface area contributed by atoms with E-state index >= 15 is 0 Å². The highest BCUT2D eigenvalue weighted by Gasteiger charge is 2.24. The van der Waals surface area contributed by atoms with Crippen LogP contribution in [0.15, 0.2) is 68.6 Å². The van der Waals surface area contributed by atoms with Crippen LogP contribution in [0.2, 0.25) is 0 Å². The van der Waals surface area contributed by atoms with Gasteiger partial charge in [0.2, 0.25) is 5.95 Å². The number of aromatic hydroxyl groups is 1. The highest BCUT2D eigenvalue weighted by Crippen LogP contribution is 2.48. The van der Waals surface area contributed by atoms with Gasteiger partial charge in [0, 0.05) is 12.4 Å². The van der Waals surface area contributed by atoms with Crippen molar-refractivity contribution in [1.82, 2.24) is 15.0 Å². The average molecular weight is 545 g/mol. The zero-order valence-corrected chi connectivity index (χ0v) is 21.2. The molecule has 192 valence electrons. The van der Waals surface area contributed by atoms with E-state index in [1.807, 2.05) is 0 Å². The Morgan fingerprint density at radius 2 is 1.68 bits per heavy atom. The van der Waals surface area contributed by atoms with Gasteiger partial charge in [-0.3, -0.25) is 4.55 Å². The molecule has 3 N–H and O–H groups in total. The number of benzene rings is 3. The maximum absolute atomic E-state index is 12.1. The molecule has 0 aliphatic heterocycles. The van der Waals surface area contributed by atoms with Crippen LogP contribution in [0, 0.1) is 13.8 Å². The summed E-state index contributed by atoms with van der Waals surface area (Å²) >= 11 is 0.495. The molecular weight excluding hydrogens is 524 g/mol. The SMILES string of the molecule is Cc1nc(C)nc(N(C)c2cc(S(=O)(=O)O)cc3cc(SOOO)c(N=Nc4ccccc4)c(O)c23)n1. The summed E-state index contributed by atoms with van der Waals surface area (Å²) < 4.78 is 38.5. The Morgan fingerprint density at radius 3 is 2.30 bits per heavy atom. The summed E-state index contributed by atoms with van der Waals surface area (Å²) in [7, 11) is -3.09. The number of fused-ring (bicyclic) bond motifs is 1. The molecule has 4 rings (SSSR count). The lowest BCUT2D eigenvalue weighted by Gasteiger charge is -2.22. The smallest absolute Gasteiger partial charge is 0.294 e. The Morgan fingerprint density at radius 1 is 1.00 bits per heavy atom. The molecule has 0 saturated heterocycles. The molecule has 0 aliphatic rings. The maximum atomic E-state index is 12.1. The van der Waals surface area contributed by atoms with Crippen LogP contribution < -0.4 is 4.90 Å².